The average molecular weight is 280 g/mol. The number of benzene rings is 2. The molecule has 0 aliphatic carbocycles. The van der Waals surface area contributed by atoms with E-state index >= 15 is 0 Å². The molecule has 21 heavy (non-hydrogen) atoms. The van der Waals surface area contributed by atoms with Crippen LogP contribution in [0.25, 0.3) is 21.9 Å². The fourth-order valence-electron chi connectivity index (χ4n) is 3.06. The van der Waals surface area contributed by atoms with E-state index in [9.17, 15) is 4.79 Å². The Morgan fingerprint density at radius 1 is 1.05 bits per heavy atom. The third-order valence-electron chi connectivity index (χ3n) is 4.19. The Balaban J connectivity index is 1.79. The van der Waals surface area contributed by atoms with Crippen LogP contribution in [0, 0.1) is 0 Å². The third-order valence-corrected chi connectivity index (χ3v) is 4.19. The van der Waals surface area contributed by atoms with Gasteiger partial charge in [0.15, 0.2) is 5.78 Å². The zero-order chi connectivity index (χ0) is 14.4. The van der Waals surface area contributed by atoms with Crippen molar-refractivity contribution in [2.24, 2.45) is 0 Å². The van der Waals surface area contributed by atoms with Crippen LogP contribution >= 0.6 is 0 Å². The summed E-state index contributed by atoms with van der Waals surface area (Å²) in [6.45, 7) is 2.01. The Bertz CT molecular complexity index is 831. The number of hydrogen-bond acceptors (Lipinski definition) is 3. The standard InChI is InChI=1S/C18H16O3/c1-11-6-8-17(20-11)18(19)12-7-9-16-14(10-12)13-4-2-3-5-15(13)21-16/h2-5,7,9-11,17H,6,8H2,1H3. The summed E-state index contributed by atoms with van der Waals surface area (Å²) in [5, 5.41) is 2.03. The quantitative estimate of drug-likeness (QED) is 0.656. The monoisotopic (exact) mass is 280 g/mol. The van der Waals surface area contributed by atoms with Crippen LogP contribution in [0.15, 0.2) is 46.9 Å². The van der Waals surface area contributed by atoms with Crippen molar-refractivity contribution in [3.8, 4) is 0 Å². The Morgan fingerprint density at radius 3 is 2.67 bits per heavy atom. The van der Waals surface area contributed by atoms with Gasteiger partial charge in [-0.3, -0.25) is 4.79 Å². The lowest BCUT2D eigenvalue weighted by Gasteiger charge is -2.09. The summed E-state index contributed by atoms with van der Waals surface area (Å²) in [4.78, 5) is 12.5. The van der Waals surface area contributed by atoms with E-state index in [4.69, 9.17) is 9.15 Å². The summed E-state index contributed by atoms with van der Waals surface area (Å²) in [6.07, 6.45) is 1.64. The Hall–Kier alpha value is -2.13. The highest BCUT2D eigenvalue weighted by atomic mass is 16.5. The van der Waals surface area contributed by atoms with Gasteiger partial charge in [-0.15, -0.1) is 0 Å². The molecule has 3 heteroatoms. The maximum Gasteiger partial charge on any atom is 0.191 e. The van der Waals surface area contributed by atoms with E-state index in [1.54, 1.807) is 0 Å². The van der Waals surface area contributed by atoms with Gasteiger partial charge in [0.25, 0.3) is 0 Å². The van der Waals surface area contributed by atoms with Crippen molar-refractivity contribution < 1.29 is 13.9 Å². The molecule has 0 radical (unpaired) electrons. The second-order valence-corrected chi connectivity index (χ2v) is 5.69. The predicted octanol–water partition coefficient (Wildman–Crippen LogP) is 4.34. The van der Waals surface area contributed by atoms with E-state index in [0.29, 0.717) is 5.56 Å². The number of fused-ring (bicyclic) bond motifs is 3. The molecule has 2 unspecified atom stereocenters. The van der Waals surface area contributed by atoms with Gasteiger partial charge in [-0.2, -0.15) is 0 Å². The van der Waals surface area contributed by atoms with Crippen LogP contribution in [0.3, 0.4) is 0 Å². The molecule has 0 amide bonds. The van der Waals surface area contributed by atoms with Gasteiger partial charge < -0.3 is 9.15 Å². The SMILES string of the molecule is CC1CCC(C(=O)c2ccc3oc4ccccc4c3c2)O1. The van der Waals surface area contributed by atoms with E-state index in [1.807, 2.05) is 49.4 Å². The number of Topliss-reactive ketones (excluding diaryl/α,β-unsaturated/α-hetero) is 1. The zero-order valence-electron chi connectivity index (χ0n) is 11.8. The minimum absolute atomic E-state index is 0.0755. The Morgan fingerprint density at radius 2 is 1.86 bits per heavy atom. The van der Waals surface area contributed by atoms with Crippen LogP contribution in [-0.4, -0.2) is 18.0 Å². The number of carbonyl (C=O) groups excluding carboxylic acids is 1. The smallest absolute Gasteiger partial charge is 0.191 e. The minimum atomic E-state index is -0.296. The maximum absolute atomic E-state index is 12.5. The number of ketones is 1. The zero-order valence-corrected chi connectivity index (χ0v) is 11.8. The molecule has 0 bridgehead atoms. The Labute approximate surface area is 122 Å². The number of furan rings is 1. The lowest BCUT2D eigenvalue weighted by atomic mass is 10.0. The van der Waals surface area contributed by atoms with Gasteiger partial charge in [0.1, 0.15) is 17.3 Å². The molecular weight excluding hydrogens is 264 g/mol. The molecule has 3 nitrogen and oxygen atoms in total. The molecule has 0 N–H and O–H groups in total. The first-order valence-corrected chi connectivity index (χ1v) is 7.33. The second kappa shape index (κ2) is 4.71. The van der Waals surface area contributed by atoms with Gasteiger partial charge in [0, 0.05) is 16.3 Å². The van der Waals surface area contributed by atoms with Crippen LogP contribution in [0.4, 0.5) is 0 Å². The highest BCUT2D eigenvalue weighted by molar-refractivity contribution is 6.09. The van der Waals surface area contributed by atoms with Gasteiger partial charge in [-0.25, -0.2) is 0 Å². The van der Waals surface area contributed by atoms with Crippen LogP contribution in [0.5, 0.6) is 0 Å². The van der Waals surface area contributed by atoms with Crippen molar-refractivity contribution in [2.45, 2.75) is 32.0 Å². The second-order valence-electron chi connectivity index (χ2n) is 5.69. The van der Waals surface area contributed by atoms with E-state index in [2.05, 4.69) is 0 Å². The number of hydrogen-bond donors (Lipinski definition) is 0. The van der Waals surface area contributed by atoms with Gasteiger partial charge in [0.05, 0.1) is 6.10 Å². The lowest BCUT2D eigenvalue weighted by Crippen LogP contribution is -2.20. The van der Waals surface area contributed by atoms with Gasteiger partial charge in [-0.05, 0) is 44.0 Å². The van der Waals surface area contributed by atoms with Crippen LogP contribution < -0.4 is 0 Å². The molecule has 0 saturated carbocycles. The van der Waals surface area contributed by atoms with Gasteiger partial charge in [0.2, 0.25) is 0 Å². The molecule has 1 aromatic heterocycles. The topological polar surface area (TPSA) is 39.4 Å². The molecule has 1 saturated heterocycles. The lowest BCUT2D eigenvalue weighted by molar-refractivity contribution is 0.0433. The molecule has 2 atom stereocenters. The fourth-order valence-corrected chi connectivity index (χ4v) is 3.06. The van der Waals surface area contributed by atoms with Crippen LogP contribution in [-0.2, 0) is 4.74 Å². The number of ether oxygens (including phenoxy) is 1. The predicted molar refractivity (Wildman–Crippen MR) is 81.6 cm³/mol. The first-order chi connectivity index (χ1) is 10.2. The highest BCUT2D eigenvalue weighted by Crippen LogP contribution is 2.30. The van der Waals surface area contributed by atoms with Crippen LogP contribution in [0.1, 0.15) is 30.1 Å². The molecule has 3 aromatic rings. The summed E-state index contributed by atoms with van der Waals surface area (Å²) in [5.74, 6) is 0.0755. The van der Waals surface area contributed by atoms with Crippen molar-refractivity contribution in [3.63, 3.8) is 0 Å². The van der Waals surface area contributed by atoms with Crippen molar-refractivity contribution in [2.75, 3.05) is 0 Å². The number of rotatable bonds is 2. The van der Waals surface area contributed by atoms with Crippen molar-refractivity contribution in [1.82, 2.24) is 0 Å². The first-order valence-electron chi connectivity index (χ1n) is 7.33. The molecule has 106 valence electrons. The molecule has 1 aliphatic heterocycles. The molecule has 4 rings (SSSR count). The van der Waals surface area contributed by atoms with E-state index < -0.39 is 0 Å². The average Bonchev–Trinajstić information content (AvgIpc) is 3.09. The van der Waals surface area contributed by atoms with E-state index in [0.717, 1.165) is 34.8 Å². The van der Waals surface area contributed by atoms with E-state index in [1.165, 1.54) is 0 Å². The summed E-state index contributed by atoms with van der Waals surface area (Å²) < 4.78 is 11.5. The Kier molecular flexibility index (Phi) is 2.82. The summed E-state index contributed by atoms with van der Waals surface area (Å²) in [5.41, 5.74) is 2.37. The summed E-state index contributed by atoms with van der Waals surface area (Å²) >= 11 is 0. The minimum Gasteiger partial charge on any atom is -0.456 e. The molecular formula is C18H16O3. The largest absolute Gasteiger partial charge is 0.456 e. The summed E-state index contributed by atoms with van der Waals surface area (Å²) in [6, 6.07) is 13.5. The summed E-state index contributed by atoms with van der Waals surface area (Å²) in [7, 11) is 0. The number of carbonyl (C=O) groups is 1. The van der Waals surface area contributed by atoms with Gasteiger partial charge in [-0.1, -0.05) is 18.2 Å². The van der Waals surface area contributed by atoms with E-state index in [-0.39, 0.29) is 18.0 Å². The fraction of sp³-hybridized carbons (Fsp3) is 0.278. The molecule has 2 heterocycles. The first kappa shape index (κ1) is 12.6. The van der Waals surface area contributed by atoms with Crippen LogP contribution in [0.2, 0.25) is 0 Å². The number of para-hydroxylation sites is 1. The molecule has 1 fully saturated rings. The van der Waals surface area contributed by atoms with Crippen molar-refractivity contribution >= 4 is 27.7 Å². The van der Waals surface area contributed by atoms with Crippen molar-refractivity contribution in [1.29, 1.82) is 0 Å². The normalized spacial score (nSPS) is 22.1. The molecule has 1 aliphatic rings. The van der Waals surface area contributed by atoms with Crippen molar-refractivity contribution in [3.05, 3.63) is 48.0 Å². The third kappa shape index (κ3) is 2.05. The molecule has 2 aromatic carbocycles. The molecule has 0 spiro atoms. The highest BCUT2D eigenvalue weighted by Gasteiger charge is 2.29. The van der Waals surface area contributed by atoms with Gasteiger partial charge >= 0.3 is 0 Å². The maximum atomic E-state index is 12.5.